The number of likely N-dealkylation sites (tertiary alicyclic amines) is 1. The Hall–Kier alpha value is -0.930. The minimum absolute atomic E-state index is 0.682. The molecule has 0 bridgehead atoms. The Balaban J connectivity index is 1.53. The fraction of sp³-hybridized carbons (Fsp3) is 0.706. The SMILES string of the molecule is CC1CCCN(Cc2ccc(CNC3CC3)cn2)C1C. The molecule has 110 valence electrons. The molecule has 2 atom stereocenters. The van der Waals surface area contributed by atoms with Crippen molar-refractivity contribution >= 4 is 0 Å². The topological polar surface area (TPSA) is 28.2 Å². The van der Waals surface area contributed by atoms with Crippen LogP contribution in [0.3, 0.4) is 0 Å². The zero-order chi connectivity index (χ0) is 13.9. The molecule has 2 fully saturated rings. The third kappa shape index (κ3) is 3.58. The lowest BCUT2D eigenvalue weighted by Crippen LogP contribution is -2.41. The molecule has 3 nitrogen and oxygen atoms in total. The van der Waals surface area contributed by atoms with E-state index in [-0.39, 0.29) is 0 Å². The van der Waals surface area contributed by atoms with Crippen LogP contribution in [-0.4, -0.2) is 28.5 Å². The molecule has 1 aliphatic carbocycles. The van der Waals surface area contributed by atoms with Crippen LogP contribution in [0.5, 0.6) is 0 Å². The first-order chi connectivity index (χ1) is 9.72. The summed E-state index contributed by atoms with van der Waals surface area (Å²) in [5.74, 6) is 0.811. The van der Waals surface area contributed by atoms with Crippen molar-refractivity contribution in [2.24, 2.45) is 5.92 Å². The summed E-state index contributed by atoms with van der Waals surface area (Å²) in [4.78, 5) is 7.23. The number of hydrogen-bond donors (Lipinski definition) is 1. The predicted octanol–water partition coefficient (Wildman–Crippen LogP) is 2.95. The van der Waals surface area contributed by atoms with Crippen molar-refractivity contribution in [3.8, 4) is 0 Å². The number of aromatic nitrogens is 1. The molecule has 2 unspecified atom stereocenters. The first-order valence-corrected chi connectivity index (χ1v) is 8.13. The first kappa shape index (κ1) is 14.0. The average Bonchev–Trinajstić information content (AvgIpc) is 3.27. The normalized spacial score (nSPS) is 27.7. The predicted molar refractivity (Wildman–Crippen MR) is 82.4 cm³/mol. The minimum atomic E-state index is 0.682. The van der Waals surface area contributed by atoms with E-state index in [4.69, 9.17) is 0 Å². The summed E-state index contributed by atoms with van der Waals surface area (Å²) in [6.45, 7) is 7.92. The average molecular weight is 273 g/mol. The van der Waals surface area contributed by atoms with Crippen LogP contribution >= 0.6 is 0 Å². The highest BCUT2D eigenvalue weighted by Gasteiger charge is 2.24. The molecule has 0 amide bonds. The summed E-state index contributed by atoms with van der Waals surface area (Å²) < 4.78 is 0. The molecule has 1 saturated carbocycles. The van der Waals surface area contributed by atoms with Crippen LogP contribution in [0.4, 0.5) is 0 Å². The molecule has 2 aliphatic rings. The molecule has 1 aromatic heterocycles. The maximum atomic E-state index is 4.65. The van der Waals surface area contributed by atoms with Gasteiger partial charge in [0.2, 0.25) is 0 Å². The van der Waals surface area contributed by atoms with Gasteiger partial charge >= 0.3 is 0 Å². The quantitative estimate of drug-likeness (QED) is 0.894. The summed E-state index contributed by atoms with van der Waals surface area (Å²) >= 11 is 0. The van der Waals surface area contributed by atoms with Crippen molar-refractivity contribution in [2.75, 3.05) is 6.54 Å². The Kier molecular flexibility index (Phi) is 4.37. The highest BCUT2D eigenvalue weighted by Crippen LogP contribution is 2.24. The summed E-state index contributed by atoms with van der Waals surface area (Å²) in [6.07, 6.45) is 7.43. The van der Waals surface area contributed by atoms with E-state index in [0.717, 1.165) is 25.0 Å². The molecule has 1 aliphatic heterocycles. The Morgan fingerprint density at radius 2 is 2.10 bits per heavy atom. The Labute approximate surface area is 122 Å². The van der Waals surface area contributed by atoms with Gasteiger partial charge in [0, 0.05) is 31.4 Å². The Morgan fingerprint density at radius 3 is 2.80 bits per heavy atom. The molecular formula is C17H27N3. The second-order valence-corrected chi connectivity index (χ2v) is 6.64. The monoisotopic (exact) mass is 273 g/mol. The number of nitrogens with zero attached hydrogens (tertiary/aromatic N) is 2. The van der Waals surface area contributed by atoms with Crippen LogP contribution in [0.25, 0.3) is 0 Å². The summed E-state index contributed by atoms with van der Waals surface area (Å²) in [5.41, 5.74) is 2.52. The van der Waals surface area contributed by atoms with Crippen molar-refractivity contribution in [3.05, 3.63) is 29.6 Å². The van der Waals surface area contributed by atoms with Gasteiger partial charge in [-0.3, -0.25) is 9.88 Å². The van der Waals surface area contributed by atoms with Gasteiger partial charge in [0.15, 0.2) is 0 Å². The van der Waals surface area contributed by atoms with E-state index in [2.05, 4.69) is 41.2 Å². The number of pyridine rings is 1. The molecule has 0 aromatic carbocycles. The van der Waals surface area contributed by atoms with Gasteiger partial charge in [-0.15, -0.1) is 0 Å². The number of rotatable bonds is 5. The molecule has 3 rings (SSSR count). The van der Waals surface area contributed by atoms with Crippen molar-refractivity contribution < 1.29 is 0 Å². The van der Waals surface area contributed by atoms with Crippen LogP contribution in [0, 0.1) is 5.92 Å². The highest BCUT2D eigenvalue weighted by atomic mass is 15.2. The van der Waals surface area contributed by atoms with Crippen molar-refractivity contribution in [1.82, 2.24) is 15.2 Å². The van der Waals surface area contributed by atoms with Gasteiger partial charge in [0.05, 0.1) is 5.69 Å². The second-order valence-electron chi connectivity index (χ2n) is 6.64. The second kappa shape index (κ2) is 6.23. The van der Waals surface area contributed by atoms with Gasteiger partial charge in [-0.2, -0.15) is 0 Å². The molecule has 2 heterocycles. The van der Waals surface area contributed by atoms with E-state index >= 15 is 0 Å². The van der Waals surface area contributed by atoms with Gasteiger partial charge in [0.1, 0.15) is 0 Å². The van der Waals surface area contributed by atoms with Crippen LogP contribution in [0.15, 0.2) is 18.3 Å². The molecule has 0 spiro atoms. The van der Waals surface area contributed by atoms with E-state index < -0.39 is 0 Å². The van der Waals surface area contributed by atoms with E-state index in [1.54, 1.807) is 0 Å². The molecular weight excluding hydrogens is 246 g/mol. The fourth-order valence-electron chi connectivity index (χ4n) is 3.06. The van der Waals surface area contributed by atoms with Gasteiger partial charge < -0.3 is 5.32 Å². The van der Waals surface area contributed by atoms with Gasteiger partial charge in [-0.1, -0.05) is 13.0 Å². The smallest absolute Gasteiger partial charge is 0.0544 e. The van der Waals surface area contributed by atoms with Crippen molar-refractivity contribution in [2.45, 2.75) is 64.7 Å². The molecule has 20 heavy (non-hydrogen) atoms. The standard InChI is InChI=1S/C17H27N3/c1-13-4-3-9-20(14(13)2)12-17-6-5-15(11-19-17)10-18-16-7-8-16/h5-6,11,13-14,16,18H,3-4,7-10,12H2,1-2H3. The zero-order valence-corrected chi connectivity index (χ0v) is 12.8. The lowest BCUT2D eigenvalue weighted by molar-refractivity contribution is 0.105. The molecule has 0 radical (unpaired) electrons. The fourth-order valence-corrected chi connectivity index (χ4v) is 3.06. The summed E-state index contributed by atoms with van der Waals surface area (Å²) in [6, 6.07) is 5.89. The van der Waals surface area contributed by atoms with Gasteiger partial charge in [0.25, 0.3) is 0 Å². The number of piperidine rings is 1. The van der Waals surface area contributed by atoms with E-state index in [1.165, 1.54) is 43.5 Å². The van der Waals surface area contributed by atoms with Gasteiger partial charge in [-0.05, 0) is 56.7 Å². The van der Waals surface area contributed by atoms with Crippen LogP contribution in [0.2, 0.25) is 0 Å². The van der Waals surface area contributed by atoms with Crippen molar-refractivity contribution in [1.29, 1.82) is 0 Å². The van der Waals surface area contributed by atoms with Crippen LogP contribution in [0.1, 0.15) is 50.8 Å². The van der Waals surface area contributed by atoms with Crippen molar-refractivity contribution in [3.63, 3.8) is 0 Å². The van der Waals surface area contributed by atoms with Crippen LogP contribution < -0.4 is 5.32 Å². The number of hydrogen-bond acceptors (Lipinski definition) is 3. The third-order valence-electron chi connectivity index (χ3n) is 4.93. The number of nitrogens with one attached hydrogen (secondary N) is 1. The summed E-state index contributed by atoms with van der Waals surface area (Å²) in [7, 11) is 0. The maximum Gasteiger partial charge on any atom is 0.0544 e. The van der Waals surface area contributed by atoms with Gasteiger partial charge in [-0.25, -0.2) is 0 Å². The maximum absolute atomic E-state index is 4.65. The Morgan fingerprint density at radius 1 is 1.25 bits per heavy atom. The summed E-state index contributed by atoms with van der Waals surface area (Å²) in [5, 5.41) is 3.54. The zero-order valence-electron chi connectivity index (χ0n) is 12.8. The lowest BCUT2D eigenvalue weighted by Gasteiger charge is -2.37. The van der Waals surface area contributed by atoms with Crippen LogP contribution in [-0.2, 0) is 13.1 Å². The molecule has 1 N–H and O–H groups in total. The van der Waals surface area contributed by atoms with E-state index in [0.29, 0.717) is 6.04 Å². The Bertz CT molecular complexity index is 424. The van der Waals surface area contributed by atoms with E-state index in [9.17, 15) is 0 Å². The molecule has 1 aromatic rings. The largest absolute Gasteiger partial charge is 0.310 e. The highest BCUT2D eigenvalue weighted by molar-refractivity contribution is 5.14. The molecule has 3 heteroatoms. The lowest BCUT2D eigenvalue weighted by atomic mass is 9.92. The minimum Gasteiger partial charge on any atom is -0.310 e. The van der Waals surface area contributed by atoms with E-state index in [1.807, 2.05) is 6.20 Å². The molecule has 1 saturated heterocycles. The third-order valence-corrected chi connectivity index (χ3v) is 4.93. The first-order valence-electron chi connectivity index (χ1n) is 8.13.